The summed E-state index contributed by atoms with van der Waals surface area (Å²) >= 11 is 0. The summed E-state index contributed by atoms with van der Waals surface area (Å²) in [6.45, 7) is 6.69. The van der Waals surface area contributed by atoms with E-state index >= 15 is 0 Å². The van der Waals surface area contributed by atoms with Gasteiger partial charge in [-0.3, -0.25) is 0 Å². The van der Waals surface area contributed by atoms with Crippen LogP contribution < -0.4 is 0 Å². The molecule has 4 aliphatic rings. The Balaban J connectivity index is 1.23. The lowest BCUT2D eigenvalue weighted by molar-refractivity contribution is -0.155. The van der Waals surface area contributed by atoms with Crippen LogP contribution in [0.3, 0.4) is 0 Å². The highest BCUT2D eigenvalue weighted by molar-refractivity contribution is 5.18. The molecule has 0 spiro atoms. The molecule has 0 amide bonds. The number of rotatable bonds is 7. The second-order valence-electron chi connectivity index (χ2n) is 9.45. The minimum Gasteiger partial charge on any atom is -0.466 e. The average molecular weight is 345 g/mol. The minimum absolute atomic E-state index is 0.118. The predicted molar refractivity (Wildman–Crippen MR) is 102 cm³/mol. The third-order valence-electron chi connectivity index (χ3n) is 7.31. The molecule has 0 aliphatic heterocycles. The fourth-order valence-corrected chi connectivity index (χ4v) is 6.12. The molecule has 2 nitrogen and oxygen atoms in total. The number of hydrogen-bond donors (Lipinski definition) is 0. The minimum atomic E-state index is -0.118. The van der Waals surface area contributed by atoms with E-state index in [2.05, 4.69) is 39.0 Å². The predicted octanol–water partition coefficient (Wildman–Crippen LogP) is 6.09. The maximum Gasteiger partial charge on any atom is 0.197 e. The van der Waals surface area contributed by atoms with Gasteiger partial charge in [-0.2, -0.15) is 0 Å². The fourth-order valence-electron chi connectivity index (χ4n) is 6.12. The molecule has 2 bridgehead atoms. The van der Waals surface area contributed by atoms with Gasteiger partial charge in [0.1, 0.15) is 5.76 Å². The number of ether oxygens (including phenoxy) is 2. The molecule has 3 saturated carbocycles. The van der Waals surface area contributed by atoms with Crippen LogP contribution in [0.2, 0.25) is 0 Å². The molecular formula is C23H36O2. The molecule has 3 fully saturated rings. The topological polar surface area (TPSA) is 18.5 Å². The Hall–Kier alpha value is -0.760. The Bertz CT molecular complexity index is 520. The molecule has 0 saturated heterocycles. The van der Waals surface area contributed by atoms with Crippen molar-refractivity contribution in [2.24, 2.45) is 35.5 Å². The van der Waals surface area contributed by atoms with Gasteiger partial charge in [0.05, 0.1) is 6.10 Å². The first kappa shape index (κ1) is 17.6. The lowest BCUT2D eigenvalue weighted by Gasteiger charge is -2.33. The zero-order valence-electron chi connectivity index (χ0n) is 16.3. The molecular weight excluding hydrogens is 308 g/mol. The molecule has 4 aliphatic carbocycles. The molecule has 0 radical (unpaired) electrons. The molecule has 0 aromatic carbocycles. The number of allylic oxidation sites excluding steroid dienone is 3. The summed E-state index contributed by atoms with van der Waals surface area (Å²) in [6, 6.07) is 0. The summed E-state index contributed by atoms with van der Waals surface area (Å²) in [5.74, 6) is 6.26. The fraction of sp³-hybridized carbons (Fsp3) is 0.826. The van der Waals surface area contributed by atoms with Gasteiger partial charge in [-0.15, -0.1) is 0 Å². The van der Waals surface area contributed by atoms with Crippen LogP contribution in [-0.2, 0) is 9.47 Å². The quantitative estimate of drug-likeness (QED) is 0.521. The molecule has 0 aromatic heterocycles. The van der Waals surface area contributed by atoms with Crippen LogP contribution in [-0.4, -0.2) is 12.4 Å². The van der Waals surface area contributed by atoms with Crippen molar-refractivity contribution >= 4 is 0 Å². The largest absolute Gasteiger partial charge is 0.466 e. The van der Waals surface area contributed by atoms with E-state index in [1.54, 1.807) is 0 Å². The molecule has 2 heteroatoms. The normalized spacial score (nSPS) is 40.4. The van der Waals surface area contributed by atoms with E-state index in [0.717, 1.165) is 41.8 Å². The molecule has 7 unspecified atom stereocenters. The highest BCUT2D eigenvalue weighted by Crippen LogP contribution is 2.59. The maximum atomic E-state index is 6.36. The van der Waals surface area contributed by atoms with Crippen LogP contribution >= 0.6 is 0 Å². The van der Waals surface area contributed by atoms with Gasteiger partial charge in [0, 0.05) is 0 Å². The SMILES string of the molecule is CC(C)CCC1C=CC(OC(C)OC2CC3CC2C2CCCC32)=CC1. The van der Waals surface area contributed by atoms with Crippen LogP contribution in [0.1, 0.15) is 72.1 Å². The summed E-state index contributed by atoms with van der Waals surface area (Å²) in [7, 11) is 0. The molecule has 0 N–H and O–H groups in total. The molecule has 0 heterocycles. The first-order valence-electron chi connectivity index (χ1n) is 10.8. The van der Waals surface area contributed by atoms with Gasteiger partial charge in [0.15, 0.2) is 6.29 Å². The summed E-state index contributed by atoms with van der Waals surface area (Å²) in [4.78, 5) is 0. The van der Waals surface area contributed by atoms with Crippen molar-refractivity contribution in [2.75, 3.05) is 0 Å². The van der Waals surface area contributed by atoms with Crippen LogP contribution in [0.25, 0.3) is 0 Å². The Morgan fingerprint density at radius 3 is 2.68 bits per heavy atom. The van der Waals surface area contributed by atoms with E-state index < -0.39 is 0 Å². The second-order valence-corrected chi connectivity index (χ2v) is 9.45. The van der Waals surface area contributed by atoms with E-state index in [0.29, 0.717) is 12.0 Å². The smallest absolute Gasteiger partial charge is 0.197 e. The van der Waals surface area contributed by atoms with Gasteiger partial charge in [0.2, 0.25) is 0 Å². The van der Waals surface area contributed by atoms with Crippen molar-refractivity contribution in [1.29, 1.82) is 0 Å². The maximum absolute atomic E-state index is 6.36. The van der Waals surface area contributed by atoms with Crippen molar-refractivity contribution in [1.82, 2.24) is 0 Å². The standard InChI is InChI=1S/C23H36O2/c1-15(2)7-8-17-9-11-19(12-10-17)24-16(3)25-23-14-18-13-22(23)21-6-4-5-20(18)21/h9,11-12,15-18,20-23H,4-8,10,13-14H2,1-3H3. The molecule has 0 aromatic rings. The lowest BCUT2D eigenvalue weighted by atomic mass is 9.80. The molecule has 140 valence electrons. The van der Waals surface area contributed by atoms with E-state index in [1.807, 2.05) is 0 Å². The van der Waals surface area contributed by atoms with Crippen molar-refractivity contribution in [3.8, 4) is 0 Å². The van der Waals surface area contributed by atoms with Crippen molar-refractivity contribution in [2.45, 2.75) is 84.5 Å². The van der Waals surface area contributed by atoms with Crippen LogP contribution in [0.5, 0.6) is 0 Å². The lowest BCUT2D eigenvalue weighted by Crippen LogP contribution is -2.33. The summed E-state index contributed by atoms with van der Waals surface area (Å²) < 4.78 is 12.5. The van der Waals surface area contributed by atoms with Gasteiger partial charge in [-0.1, -0.05) is 32.8 Å². The van der Waals surface area contributed by atoms with E-state index in [-0.39, 0.29) is 6.29 Å². The Morgan fingerprint density at radius 2 is 1.92 bits per heavy atom. The zero-order chi connectivity index (χ0) is 17.4. The third kappa shape index (κ3) is 3.84. The van der Waals surface area contributed by atoms with Gasteiger partial charge in [-0.25, -0.2) is 0 Å². The number of fused-ring (bicyclic) bond motifs is 5. The zero-order valence-corrected chi connectivity index (χ0v) is 16.3. The second kappa shape index (κ2) is 7.47. The van der Waals surface area contributed by atoms with Gasteiger partial charge in [0.25, 0.3) is 0 Å². The number of hydrogen-bond acceptors (Lipinski definition) is 2. The van der Waals surface area contributed by atoms with Gasteiger partial charge in [-0.05, 0) is 93.1 Å². The Labute approximate surface area is 154 Å². The molecule has 4 rings (SSSR count). The van der Waals surface area contributed by atoms with Crippen LogP contribution in [0, 0.1) is 35.5 Å². The summed E-state index contributed by atoms with van der Waals surface area (Å²) in [6.07, 6.45) is 17.9. The van der Waals surface area contributed by atoms with E-state index in [1.165, 1.54) is 44.9 Å². The first-order valence-corrected chi connectivity index (χ1v) is 10.8. The van der Waals surface area contributed by atoms with Crippen molar-refractivity contribution in [3.63, 3.8) is 0 Å². The highest BCUT2D eigenvalue weighted by atomic mass is 16.7. The van der Waals surface area contributed by atoms with Crippen LogP contribution in [0.15, 0.2) is 24.0 Å². The molecule has 7 atom stereocenters. The third-order valence-corrected chi connectivity index (χ3v) is 7.31. The summed E-state index contributed by atoms with van der Waals surface area (Å²) in [5, 5.41) is 0. The molecule has 25 heavy (non-hydrogen) atoms. The van der Waals surface area contributed by atoms with Gasteiger partial charge >= 0.3 is 0 Å². The highest BCUT2D eigenvalue weighted by Gasteiger charge is 2.54. The van der Waals surface area contributed by atoms with Gasteiger partial charge < -0.3 is 9.47 Å². The van der Waals surface area contributed by atoms with E-state index in [9.17, 15) is 0 Å². The average Bonchev–Trinajstić information content (AvgIpc) is 3.26. The van der Waals surface area contributed by atoms with Crippen molar-refractivity contribution in [3.05, 3.63) is 24.0 Å². The Morgan fingerprint density at radius 1 is 1.08 bits per heavy atom. The summed E-state index contributed by atoms with van der Waals surface area (Å²) in [5.41, 5.74) is 0. The first-order chi connectivity index (χ1) is 12.1. The Kier molecular flexibility index (Phi) is 5.27. The monoisotopic (exact) mass is 344 g/mol. The van der Waals surface area contributed by atoms with Crippen molar-refractivity contribution < 1.29 is 9.47 Å². The van der Waals surface area contributed by atoms with E-state index in [4.69, 9.17) is 9.47 Å². The van der Waals surface area contributed by atoms with Crippen LogP contribution in [0.4, 0.5) is 0 Å².